The summed E-state index contributed by atoms with van der Waals surface area (Å²) in [5, 5.41) is 8.68. The molecule has 4 aromatic rings. The lowest BCUT2D eigenvalue weighted by Crippen LogP contribution is -2.49. The number of nitrogens with zero attached hydrogens (tertiary/aromatic N) is 7. The Bertz CT molecular complexity index is 1300. The Balaban J connectivity index is 1.23. The number of fused-ring (bicyclic) bond motifs is 1. The highest BCUT2D eigenvalue weighted by atomic mass is 16.5. The van der Waals surface area contributed by atoms with E-state index < -0.39 is 0 Å². The SMILES string of the molecule is COc1ccc(CCC(=O)N2CCN(c3ncnc4c3nnn4-c3ccc(OC)cc3)CC2)cc1. The maximum Gasteiger partial charge on any atom is 0.223 e. The van der Waals surface area contributed by atoms with Crippen LogP contribution in [0.4, 0.5) is 5.82 Å². The van der Waals surface area contributed by atoms with Gasteiger partial charge in [0.1, 0.15) is 17.8 Å². The number of rotatable bonds is 7. The molecule has 0 saturated carbocycles. The van der Waals surface area contributed by atoms with Gasteiger partial charge in [0.05, 0.1) is 19.9 Å². The molecule has 35 heavy (non-hydrogen) atoms. The minimum absolute atomic E-state index is 0.166. The van der Waals surface area contributed by atoms with E-state index in [2.05, 4.69) is 25.2 Å². The van der Waals surface area contributed by atoms with Gasteiger partial charge in [0.2, 0.25) is 5.91 Å². The fraction of sp³-hybridized carbons (Fsp3) is 0.320. The van der Waals surface area contributed by atoms with E-state index in [0.717, 1.165) is 28.6 Å². The van der Waals surface area contributed by atoms with Crippen molar-refractivity contribution in [2.75, 3.05) is 45.3 Å². The van der Waals surface area contributed by atoms with Gasteiger partial charge in [-0.15, -0.1) is 5.10 Å². The first-order chi connectivity index (χ1) is 17.2. The number of piperazine rings is 1. The van der Waals surface area contributed by atoms with Crippen molar-refractivity contribution in [3.63, 3.8) is 0 Å². The summed E-state index contributed by atoms with van der Waals surface area (Å²) in [7, 11) is 3.28. The van der Waals surface area contributed by atoms with Gasteiger partial charge in [-0.25, -0.2) is 9.97 Å². The highest BCUT2D eigenvalue weighted by Gasteiger charge is 2.24. The number of aromatic nitrogens is 5. The molecule has 180 valence electrons. The Morgan fingerprint density at radius 3 is 2.20 bits per heavy atom. The Morgan fingerprint density at radius 1 is 0.886 bits per heavy atom. The second-order valence-corrected chi connectivity index (χ2v) is 8.28. The van der Waals surface area contributed by atoms with Gasteiger partial charge in [-0.3, -0.25) is 4.79 Å². The van der Waals surface area contributed by atoms with Gasteiger partial charge < -0.3 is 19.3 Å². The van der Waals surface area contributed by atoms with Gasteiger partial charge in [0, 0.05) is 32.6 Å². The molecule has 0 radical (unpaired) electrons. The summed E-state index contributed by atoms with van der Waals surface area (Å²) in [6.45, 7) is 2.63. The average Bonchev–Trinajstić information content (AvgIpc) is 3.36. The van der Waals surface area contributed by atoms with Gasteiger partial charge >= 0.3 is 0 Å². The maximum atomic E-state index is 12.8. The summed E-state index contributed by atoms with van der Waals surface area (Å²) in [6, 6.07) is 15.4. The smallest absolute Gasteiger partial charge is 0.223 e. The molecular formula is C25H27N7O3. The zero-order valence-corrected chi connectivity index (χ0v) is 19.8. The van der Waals surface area contributed by atoms with Crippen LogP contribution in [0.3, 0.4) is 0 Å². The van der Waals surface area contributed by atoms with E-state index in [0.29, 0.717) is 50.2 Å². The Hall–Kier alpha value is -4.21. The number of hydrogen-bond acceptors (Lipinski definition) is 8. The molecule has 10 nitrogen and oxygen atoms in total. The molecule has 2 aromatic heterocycles. The standard InChI is InChI=1S/C25H27N7O3/c1-34-20-8-3-18(4-9-20)5-12-22(33)30-13-15-31(16-14-30)24-23-25(27-17-26-24)32(29-28-23)19-6-10-21(35-2)11-7-19/h3-4,6-11,17H,5,12-16H2,1-2H3. The van der Waals surface area contributed by atoms with E-state index in [1.54, 1.807) is 18.9 Å². The molecule has 1 amide bonds. The van der Waals surface area contributed by atoms with Crippen LogP contribution in [0.1, 0.15) is 12.0 Å². The van der Waals surface area contributed by atoms with Crippen LogP contribution >= 0.6 is 0 Å². The van der Waals surface area contributed by atoms with Gasteiger partial charge in [0.15, 0.2) is 17.0 Å². The summed E-state index contributed by atoms with van der Waals surface area (Å²) in [4.78, 5) is 25.8. The summed E-state index contributed by atoms with van der Waals surface area (Å²) in [5.41, 5.74) is 3.24. The minimum Gasteiger partial charge on any atom is -0.497 e. The third kappa shape index (κ3) is 4.72. The molecule has 1 saturated heterocycles. The molecule has 1 aliphatic heterocycles. The second-order valence-electron chi connectivity index (χ2n) is 8.28. The van der Waals surface area contributed by atoms with Crippen molar-refractivity contribution >= 4 is 22.9 Å². The van der Waals surface area contributed by atoms with Crippen molar-refractivity contribution < 1.29 is 14.3 Å². The lowest BCUT2D eigenvalue weighted by Gasteiger charge is -2.35. The van der Waals surface area contributed by atoms with Crippen molar-refractivity contribution in [3.05, 3.63) is 60.4 Å². The Kier molecular flexibility index (Phi) is 6.42. The number of anilines is 1. The minimum atomic E-state index is 0.166. The van der Waals surface area contributed by atoms with Crippen LogP contribution < -0.4 is 14.4 Å². The van der Waals surface area contributed by atoms with Crippen molar-refractivity contribution in [1.29, 1.82) is 0 Å². The maximum absolute atomic E-state index is 12.8. The Morgan fingerprint density at radius 2 is 1.54 bits per heavy atom. The molecule has 0 aliphatic carbocycles. The van der Waals surface area contributed by atoms with E-state index in [-0.39, 0.29) is 5.91 Å². The molecule has 2 aromatic carbocycles. The number of carbonyl (C=O) groups excluding carboxylic acids is 1. The summed E-state index contributed by atoms with van der Waals surface area (Å²) >= 11 is 0. The number of amides is 1. The molecule has 0 atom stereocenters. The fourth-order valence-corrected chi connectivity index (χ4v) is 4.23. The molecule has 0 bridgehead atoms. The van der Waals surface area contributed by atoms with E-state index in [4.69, 9.17) is 9.47 Å². The third-order valence-corrected chi connectivity index (χ3v) is 6.25. The first kappa shape index (κ1) is 22.6. The molecule has 1 aliphatic rings. The molecule has 5 rings (SSSR count). The van der Waals surface area contributed by atoms with Gasteiger partial charge in [0.25, 0.3) is 0 Å². The number of carbonyl (C=O) groups is 1. The second kappa shape index (κ2) is 9.96. The highest BCUT2D eigenvalue weighted by Crippen LogP contribution is 2.24. The average molecular weight is 474 g/mol. The molecule has 0 N–H and O–H groups in total. The van der Waals surface area contributed by atoms with Crippen molar-refractivity contribution in [2.24, 2.45) is 0 Å². The Labute approximate surface area is 203 Å². The van der Waals surface area contributed by atoms with Crippen LogP contribution in [0, 0.1) is 0 Å². The number of aryl methyl sites for hydroxylation is 1. The van der Waals surface area contributed by atoms with E-state index in [1.807, 2.05) is 53.4 Å². The van der Waals surface area contributed by atoms with Crippen LogP contribution in [-0.2, 0) is 11.2 Å². The summed E-state index contributed by atoms with van der Waals surface area (Å²) in [5.74, 6) is 2.49. The van der Waals surface area contributed by atoms with Crippen LogP contribution in [0.5, 0.6) is 11.5 Å². The molecule has 10 heteroatoms. The fourth-order valence-electron chi connectivity index (χ4n) is 4.23. The topological polar surface area (TPSA) is 98.5 Å². The van der Waals surface area contributed by atoms with Gasteiger partial charge in [-0.1, -0.05) is 17.3 Å². The molecule has 0 unspecified atom stereocenters. The zero-order valence-electron chi connectivity index (χ0n) is 19.8. The largest absolute Gasteiger partial charge is 0.497 e. The van der Waals surface area contributed by atoms with Crippen molar-refractivity contribution in [2.45, 2.75) is 12.8 Å². The molecule has 3 heterocycles. The first-order valence-electron chi connectivity index (χ1n) is 11.5. The predicted octanol–water partition coefficient (Wildman–Crippen LogP) is 2.51. The number of ether oxygens (including phenoxy) is 2. The van der Waals surface area contributed by atoms with Crippen LogP contribution in [0.25, 0.3) is 16.9 Å². The molecule has 0 spiro atoms. The number of methoxy groups -OCH3 is 2. The number of hydrogen-bond donors (Lipinski definition) is 0. The monoisotopic (exact) mass is 473 g/mol. The third-order valence-electron chi connectivity index (χ3n) is 6.25. The van der Waals surface area contributed by atoms with E-state index >= 15 is 0 Å². The van der Waals surface area contributed by atoms with Gasteiger partial charge in [-0.2, -0.15) is 4.68 Å². The van der Waals surface area contributed by atoms with Crippen LogP contribution in [0.15, 0.2) is 54.9 Å². The lowest BCUT2D eigenvalue weighted by molar-refractivity contribution is -0.131. The zero-order chi connectivity index (χ0) is 24.2. The normalized spacial score (nSPS) is 13.8. The first-order valence-corrected chi connectivity index (χ1v) is 11.5. The summed E-state index contributed by atoms with van der Waals surface area (Å²) < 4.78 is 12.1. The van der Waals surface area contributed by atoms with Crippen molar-refractivity contribution in [1.82, 2.24) is 29.9 Å². The molecular weight excluding hydrogens is 446 g/mol. The highest BCUT2D eigenvalue weighted by molar-refractivity contribution is 5.84. The van der Waals surface area contributed by atoms with Crippen LogP contribution in [0.2, 0.25) is 0 Å². The summed E-state index contributed by atoms with van der Waals surface area (Å²) in [6.07, 6.45) is 2.73. The van der Waals surface area contributed by atoms with Crippen molar-refractivity contribution in [3.8, 4) is 17.2 Å². The van der Waals surface area contributed by atoms with Gasteiger partial charge in [-0.05, 0) is 48.4 Å². The lowest BCUT2D eigenvalue weighted by atomic mass is 10.1. The van der Waals surface area contributed by atoms with E-state index in [1.165, 1.54) is 6.33 Å². The number of benzene rings is 2. The predicted molar refractivity (Wildman–Crippen MR) is 131 cm³/mol. The van der Waals surface area contributed by atoms with Crippen LogP contribution in [-0.4, -0.2) is 76.2 Å². The quantitative estimate of drug-likeness (QED) is 0.404. The molecule has 1 fully saturated rings. The van der Waals surface area contributed by atoms with E-state index in [9.17, 15) is 4.79 Å².